The van der Waals surface area contributed by atoms with Gasteiger partial charge in [-0.15, -0.1) is 22.7 Å². The number of hydrogen-bond acceptors (Lipinski definition) is 6. The molecule has 0 saturated carbocycles. The summed E-state index contributed by atoms with van der Waals surface area (Å²) in [6, 6.07) is 3.94. The van der Waals surface area contributed by atoms with Gasteiger partial charge in [-0.25, -0.2) is 0 Å². The molecule has 21 heavy (non-hydrogen) atoms. The van der Waals surface area contributed by atoms with E-state index in [4.69, 9.17) is 11.5 Å². The fourth-order valence-corrected chi connectivity index (χ4v) is 4.93. The number of hydrogen-bond donors (Lipinski definition) is 4. The highest BCUT2D eigenvalue weighted by Gasteiger charge is 2.36. The van der Waals surface area contributed by atoms with E-state index in [0.29, 0.717) is 9.75 Å². The van der Waals surface area contributed by atoms with Gasteiger partial charge in [-0.2, -0.15) is 0 Å². The number of carbonyl (C=O) groups excluding carboxylic acids is 2. The Kier molecular flexibility index (Phi) is 2.54. The fourth-order valence-electron chi connectivity index (χ4n) is 2.88. The van der Waals surface area contributed by atoms with Crippen molar-refractivity contribution >= 4 is 44.5 Å². The van der Waals surface area contributed by atoms with Gasteiger partial charge >= 0.3 is 0 Å². The molecular formula is C13H12N4O2S2. The molecule has 2 aromatic rings. The van der Waals surface area contributed by atoms with E-state index in [2.05, 4.69) is 10.6 Å². The first-order chi connectivity index (χ1) is 10.0. The molecule has 6 nitrogen and oxygen atoms in total. The van der Waals surface area contributed by atoms with E-state index in [1.54, 1.807) is 0 Å². The lowest BCUT2D eigenvalue weighted by atomic mass is 9.90. The molecule has 0 aliphatic carbocycles. The van der Waals surface area contributed by atoms with Crippen molar-refractivity contribution in [1.82, 2.24) is 0 Å². The van der Waals surface area contributed by atoms with Crippen LogP contribution in [0.2, 0.25) is 0 Å². The number of fused-ring (bicyclic) bond motifs is 6. The van der Waals surface area contributed by atoms with Crippen molar-refractivity contribution in [2.75, 3.05) is 10.6 Å². The predicted molar refractivity (Wildman–Crippen MR) is 83.0 cm³/mol. The maximum Gasteiger partial charge on any atom is 0.258 e. The first-order valence-electron chi connectivity index (χ1n) is 6.43. The second-order valence-electron chi connectivity index (χ2n) is 5.15. The minimum Gasteiger partial charge on any atom is -0.370 e. The maximum atomic E-state index is 11.3. The molecule has 4 rings (SSSR count). The predicted octanol–water partition coefficient (Wildman–Crippen LogP) is 2.03. The molecule has 0 spiro atoms. The largest absolute Gasteiger partial charge is 0.370 e. The van der Waals surface area contributed by atoms with Gasteiger partial charge in [0.15, 0.2) is 0 Å². The number of nitrogens with two attached hydrogens (primary N) is 2. The van der Waals surface area contributed by atoms with Gasteiger partial charge in [0.2, 0.25) is 0 Å². The number of anilines is 2. The van der Waals surface area contributed by atoms with E-state index >= 15 is 0 Å². The summed E-state index contributed by atoms with van der Waals surface area (Å²) < 4.78 is 0. The molecule has 2 aliphatic rings. The summed E-state index contributed by atoms with van der Waals surface area (Å²) in [5, 5.41) is 8.81. The highest BCUT2D eigenvalue weighted by molar-refractivity contribution is 7.18. The van der Waals surface area contributed by atoms with Crippen LogP contribution in [-0.2, 0) is 0 Å². The summed E-state index contributed by atoms with van der Waals surface area (Å²) in [5.41, 5.74) is 12.8. The molecule has 2 aromatic heterocycles. The fraction of sp³-hybridized carbons (Fsp3) is 0.231. The third-order valence-electron chi connectivity index (χ3n) is 3.84. The van der Waals surface area contributed by atoms with Gasteiger partial charge in [0, 0.05) is 11.1 Å². The van der Waals surface area contributed by atoms with Crippen LogP contribution >= 0.6 is 22.7 Å². The standard InChI is InChI=1S/C13H12N4O2S2/c14-10(18)8-1-4-6-3-7(17-12(4)20-8)5-2-9(11(15)19)21-13(5)16-6/h1-2,6-7,16-17H,3H2,(H2,14,18)(H2,15,19). The van der Waals surface area contributed by atoms with Crippen molar-refractivity contribution in [3.8, 4) is 0 Å². The lowest BCUT2D eigenvalue weighted by Gasteiger charge is -2.36. The Morgan fingerprint density at radius 3 is 1.76 bits per heavy atom. The number of nitrogens with one attached hydrogen (secondary N) is 2. The van der Waals surface area contributed by atoms with Gasteiger partial charge in [0.25, 0.3) is 11.8 Å². The van der Waals surface area contributed by atoms with Crippen LogP contribution in [0.25, 0.3) is 0 Å². The molecule has 2 aliphatic heterocycles. The van der Waals surface area contributed by atoms with Crippen LogP contribution in [-0.4, -0.2) is 11.8 Å². The van der Waals surface area contributed by atoms with Crippen LogP contribution in [0.3, 0.4) is 0 Å². The van der Waals surface area contributed by atoms with Crippen LogP contribution in [0.1, 0.15) is 49.0 Å². The van der Waals surface area contributed by atoms with Gasteiger partial charge in [-0.05, 0) is 18.6 Å². The van der Waals surface area contributed by atoms with E-state index in [1.807, 2.05) is 12.1 Å². The first-order valence-corrected chi connectivity index (χ1v) is 8.06. The molecule has 0 saturated heterocycles. The van der Waals surface area contributed by atoms with Gasteiger partial charge in [-0.1, -0.05) is 0 Å². The monoisotopic (exact) mass is 320 g/mol. The quantitative estimate of drug-likeness (QED) is 0.678. The molecule has 2 bridgehead atoms. The molecule has 6 N–H and O–H groups in total. The lowest BCUT2D eigenvalue weighted by molar-refractivity contribution is 0.0995. The molecule has 2 atom stereocenters. The zero-order valence-corrected chi connectivity index (χ0v) is 12.4. The zero-order valence-electron chi connectivity index (χ0n) is 10.8. The smallest absolute Gasteiger partial charge is 0.258 e. The van der Waals surface area contributed by atoms with Gasteiger partial charge in [0.1, 0.15) is 0 Å². The topological polar surface area (TPSA) is 110 Å². The van der Waals surface area contributed by atoms with Crippen molar-refractivity contribution in [3.63, 3.8) is 0 Å². The number of thiophene rings is 2. The molecule has 0 fully saturated rings. The minimum absolute atomic E-state index is 0.127. The van der Waals surface area contributed by atoms with Crippen LogP contribution < -0.4 is 22.1 Å². The van der Waals surface area contributed by atoms with Gasteiger partial charge < -0.3 is 22.1 Å². The molecule has 4 heterocycles. The third-order valence-corrected chi connectivity index (χ3v) is 6.03. The second-order valence-corrected chi connectivity index (χ2v) is 7.25. The molecule has 108 valence electrons. The molecule has 8 heteroatoms. The zero-order chi connectivity index (χ0) is 14.7. The number of amides is 2. The summed E-state index contributed by atoms with van der Waals surface area (Å²) in [6.45, 7) is 0. The summed E-state index contributed by atoms with van der Waals surface area (Å²) in [6.07, 6.45) is 0.865. The average molecular weight is 320 g/mol. The van der Waals surface area contributed by atoms with Crippen LogP contribution in [0.4, 0.5) is 10.0 Å². The Morgan fingerprint density at radius 2 is 1.38 bits per heavy atom. The first kappa shape index (κ1) is 12.7. The van der Waals surface area contributed by atoms with Crippen molar-refractivity contribution < 1.29 is 9.59 Å². The van der Waals surface area contributed by atoms with Crippen molar-refractivity contribution in [2.45, 2.75) is 18.5 Å². The van der Waals surface area contributed by atoms with Gasteiger partial charge in [0.05, 0.1) is 31.8 Å². The SMILES string of the molecule is NC(=O)c1cc2c(s1)NC1CC2Nc2sc(C(N)=O)cc21. The number of primary amides is 2. The lowest BCUT2D eigenvalue weighted by Crippen LogP contribution is -2.28. The van der Waals surface area contributed by atoms with E-state index in [1.165, 1.54) is 22.7 Å². The summed E-state index contributed by atoms with van der Waals surface area (Å²) in [4.78, 5) is 23.8. The molecule has 2 unspecified atom stereocenters. The number of rotatable bonds is 2. The van der Waals surface area contributed by atoms with E-state index in [9.17, 15) is 9.59 Å². The molecule has 0 aromatic carbocycles. The van der Waals surface area contributed by atoms with Crippen LogP contribution in [0.5, 0.6) is 0 Å². The minimum atomic E-state index is -0.406. The second kappa shape index (κ2) is 4.22. The van der Waals surface area contributed by atoms with E-state index in [0.717, 1.165) is 27.5 Å². The Hall–Kier alpha value is -2.06. The van der Waals surface area contributed by atoms with Crippen molar-refractivity contribution in [2.24, 2.45) is 11.5 Å². The average Bonchev–Trinajstić information content (AvgIpc) is 3.02. The Bertz CT molecular complexity index is 715. The van der Waals surface area contributed by atoms with Crippen LogP contribution in [0, 0.1) is 0 Å². The van der Waals surface area contributed by atoms with E-state index < -0.39 is 11.8 Å². The molecule has 2 amide bonds. The molecular weight excluding hydrogens is 308 g/mol. The normalized spacial score (nSPS) is 21.7. The third kappa shape index (κ3) is 1.83. The Balaban J connectivity index is 1.76. The van der Waals surface area contributed by atoms with E-state index in [-0.39, 0.29) is 12.1 Å². The summed E-state index contributed by atoms with van der Waals surface area (Å²) in [5.74, 6) is -0.812. The Morgan fingerprint density at radius 1 is 0.952 bits per heavy atom. The van der Waals surface area contributed by atoms with Crippen molar-refractivity contribution in [3.05, 3.63) is 33.0 Å². The summed E-state index contributed by atoms with van der Waals surface area (Å²) in [7, 11) is 0. The molecule has 0 radical (unpaired) electrons. The van der Waals surface area contributed by atoms with Crippen molar-refractivity contribution in [1.29, 1.82) is 0 Å². The maximum absolute atomic E-state index is 11.3. The highest BCUT2D eigenvalue weighted by atomic mass is 32.1. The Labute approximate surface area is 128 Å². The highest BCUT2D eigenvalue weighted by Crippen LogP contribution is 2.51. The summed E-state index contributed by atoms with van der Waals surface area (Å²) >= 11 is 2.75. The van der Waals surface area contributed by atoms with Crippen LogP contribution in [0.15, 0.2) is 12.1 Å². The number of carbonyl (C=O) groups is 2. The van der Waals surface area contributed by atoms with Gasteiger partial charge in [-0.3, -0.25) is 9.59 Å².